The molecule has 0 aromatic heterocycles. The Morgan fingerprint density at radius 2 is 1.70 bits per heavy atom. The molecule has 3 fully saturated rings. The van der Waals surface area contributed by atoms with Gasteiger partial charge in [-0.2, -0.15) is 0 Å². The number of methoxy groups -OCH3 is 1. The number of nitrogens with one attached hydrogen (secondary N) is 1. The first-order valence-corrected chi connectivity index (χ1v) is 11.8. The first kappa shape index (κ1) is 23.3. The summed E-state index contributed by atoms with van der Waals surface area (Å²) >= 11 is 0. The molecule has 0 aliphatic carbocycles. The topological polar surface area (TPSA) is 63.7 Å². The molecule has 8 heteroatoms. The number of hydrogen-bond acceptors (Lipinski definition) is 5. The Labute approximate surface area is 182 Å². The number of ether oxygens (including phenoxy) is 1. The van der Waals surface area contributed by atoms with Crippen LogP contribution in [0.3, 0.4) is 0 Å². The van der Waals surface area contributed by atoms with Crippen molar-refractivity contribution in [2.24, 2.45) is 10.9 Å². The summed E-state index contributed by atoms with van der Waals surface area (Å²) in [5.74, 6) is 2.02. The van der Waals surface area contributed by atoms with E-state index in [9.17, 15) is 4.79 Å². The van der Waals surface area contributed by atoms with Gasteiger partial charge in [0.15, 0.2) is 5.96 Å². The second kappa shape index (κ2) is 11.9. The Morgan fingerprint density at radius 3 is 2.30 bits per heavy atom. The van der Waals surface area contributed by atoms with Gasteiger partial charge in [0, 0.05) is 66.5 Å². The van der Waals surface area contributed by atoms with E-state index in [2.05, 4.69) is 31.9 Å². The largest absolute Gasteiger partial charge is 0.383 e. The highest BCUT2D eigenvalue weighted by molar-refractivity contribution is 5.82. The number of hydrogen-bond donors (Lipinski definition) is 1. The molecule has 0 bridgehead atoms. The maximum atomic E-state index is 12.7. The summed E-state index contributed by atoms with van der Waals surface area (Å²) < 4.78 is 5.19. The maximum Gasteiger partial charge on any atom is 0.239 e. The van der Waals surface area contributed by atoms with Crippen LogP contribution in [0.4, 0.5) is 0 Å². The summed E-state index contributed by atoms with van der Waals surface area (Å²) in [7, 11) is 3.65. The molecular formula is C22H42N6O2. The minimum absolute atomic E-state index is 0.0106. The molecular weight excluding hydrogens is 380 g/mol. The van der Waals surface area contributed by atoms with Crippen LogP contribution in [-0.4, -0.2) is 124 Å². The summed E-state index contributed by atoms with van der Waals surface area (Å²) in [5.41, 5.74) is 0. The number of aliphatic imine (C=N–C) groups is 1. The van der Waals surface area contributed by atoms with Crippen LogP contribution in [-0.2, 0) is 9.53 Å². The van der Waals surface area contributed by atoms with E-state index in [1.165, 1.54) is 12.8 Å². The van der Waals surface area contributed by atoms with Crippen molar-refractivity contribution >= 4 is 11.9 Å². The lowest BCUT2D eigenvalue weighted by atomic mass is 9.97. The number of rotatable bonds is 7. The zero-order valence-electron chi connectivity index (χ0n) is 19.3. The number of piperidine rings is 1. The van der Waals surface area contributed by atoms with Crippen LogP contribution < -0.4 is 5.32 Å². The first-order valence-electron chi connectivity index (χ1n) is 11.8. The zero-order chi connectivity index (χ0) is 21.3. The van der Waals surface area contributed by atoms with E-state index in [0.717, 1.165) is 90.9 Å². The van der Waals surface area contributed by atoms with E-state index in [0.29, 0.717) is 11.8 Å². The van der Waals surface area contributed by atoms with E-state index in [1.807, 2.05) is 11.9 Å². The molecule has 1 amide bonds. The van der Waals surface area contributed by atoms with Crippen molar-refractivity contribution in [3.8, 4) is 0 Å². The van der Waals surface area contributed by atoms with E-state index < -0.39 is 0 Å². The third-order valence-electron chi connectivity index (χ3n) is 7.02. The molecule has 1 unspecified atom stereocenters. The highest BCUT2D eigenvalue weighted by Gasteiger charge is 2.30. The van der Waals surface area contributed by atoms with Gasteiger partial charge in [-0.05, 0) is 51.6 Å². The van der Waals surface area contributed by atoms with Crippen LogP contribution in [0.5, 0.6) is 0 Å². The summed E-state index contributed by atoms with van der Waals surface area (Å²) in [6.07, 6.45) is 4.77. The minimum atomic E-state index is -0.0106. The molecule has 0 aromatic carbocycles. The lowest BCUT2D eigenvalue weighted by Gasteiger charge is -2.40. The van der Waals surface area contributed by atoms with Crippen molar-refractivity contribution in [1.29, 1.82) is 0 Å². The molecule has 1 N–H and O–H groups in total. The molecule has 0 spiro atoms. The number of carbonyl (C=O) groups is 1. The molecule has 8 nitrogen and oxygen atoms in total. The quantitative estimate of drug-likeness (QED) is 0.478. The lowest BCUT2D eigenvalue weighted by molar-refractivity contribution is -0.135. The van der Waals surface area contributed by atoms with Crippen molar-refractivity contribution in [2.75, 3.05) is 86.2 Å². The fraction of sp³-hybridized carbons (Fsp3) is 0.909. The molecule has 3 aliphatic heterocycles. The molecule has 0 radical (unpaired) electrons. The Morgan fingerprint density at radius 1 is 1.03 bits per heavy atom. The number of guanidine groups is 1. The monoisotopic (exact) mass is 422 g/mol. The fourth-order valence-corrected chi connectivity index (χ4v) is 4.88. The minimum Gasteiger partial charge on any atom is -0.383 e. The smallest absolute Gasteiger partial charge is 0.239 e. The van der Waals surface area contributed by atoms with Crippen LogP contribution in [0.25, 0.3) is 0 Å². The van der Waals surface area contributed by atoms with Crippen molar-refractivity contribution < 1.29 is 9.53 Å². The van der Waals surface area contributed by atoms with Gasteiger partial charge in [0.25, 0.3) is 0 Å². The standard InChI is InChI=1S/C22H42N6O2/c1-19(21(29)27-8-4-5-9-27)26-12-14-28(15-13-26)22(23-2)24-18-20-6-10-25(11-7-20)16-17-30-3/h19-20H,4-18H2,1-3H3,(H,23,24). The van der Waals surface area contributed by atoms with Crippen molar-refractivity contribution in [2.45, 2.75) is 38.6 Å². The second-order valence-corrected chi connectivity index (χ2v) is 8.94. The Hall–Kier alpha value is -1.38. The van der Waals surface area contributed by atoms with E-state index in [-0.39, 0.29) is 6.04 Å². The van der Waals surface area contributed by atoms with Crippen LogP contribution in [0.1, 0.15) is 32.6 Å². The molecule has 30 heavy (non-hydrogen) atoms. The second-order valence-electron chi connectivity index (χ2n) is 8.94. The first-order chi connectivity index (χ1) is 14.6. The number of likely N-dealkylation sites (tertiary alicyclic amines) is 2. The van der Waals surface area contributed by atoms with Gasteiger partial charge < -0.3 is 24.8 Å². The average Bonchev–Trinajstić information content (AvgIpc) is 3.33. The number of piperazine rings is 1. The summed E-state index contributed by atoms with van der Waals surface area (Å²) in [4.78, 5) is 26.4. The van der Waals surface area contributed by atoms with E-state index in [1.54, 1.807) is 7.11 Å². The summed E-state index contributed by atoms with van der Waals surface area (Å²) in [6, 6.07) is -0.0106. The maximum absolute atomic E-state index is 12.7. The summed E-state index contributed by atoms with van der Waals surface area (Å²) in [5, 5.41) is 3.62. The fourth-order valence-electron chi connectivity index (χ4n) is 4.88. The van der Waals surface area contributed by atoms with Crippen LogP contribution in [0.15, 0.2) is 4.99 Å². The zero-order valence-corrected chi connectivity index (χ0v) is 19.3. The van der Waals surface area contributed by atoms with Gasteiger partial charge in [-0.15, -0.1) is 0 Å². The molecule has 3 heterocycles. The van der Waals surface area contributed by atoms with Crippen LogP contribution >= 0.6 is 0 Å². The third kappa shape index (κ3) is 6.31. The molecule has 3 aliphatic rings. The van der Waals surface area contributed by atoms with Crippen molar-refractivity contribution in [3.05, 3.63) is 0 Å². The molecule has 3 rings (SSSR count). The normalized spacial score (nSPS) is 23.8. The van der Waals surface area contributed by atoms with E-state index in [4.69, 9.17) is 4.74 Å². The van der Waals surface area contributed by atoms with Gasteiger partial charge in [0.05, 0.1) is 12.6 Å². The van der Waals surface area contributed by atoms with Gasteiger partial charge in [0.1, 0.15) is 0 Å². The van der Waals surface area contributed by atoms with E-state index >= 15 is 0 Å². The molecule has 172 valence electrons. The SMILES string of the molecule is CN=C(NCC1CCN(CCOC)CC1)N1CCN(C(C)C(=O)N2CCCC2)CC1. The van der Waals surface area contributed by atoms with Crippen molar-refractivity contribution in [1.82, 2.24) is 24.9 Å². The van der Waals surface area contributed by atoms with Crippen molar-refractivity contribution in [3.63, 3.8) is 0 Å². The Bertz CT molecular complexity index is 550. The lowest BCUT2D eigenvalue weighted by Crippen LogP contribution is -2.57. The molecule has 0 saturated carbocycles. The number of nitrogens with zero attached hydrogens (tertiary/aromatic N) is 5. The Balaban J connectivity index is 1.37. The van der Waals surface area contributed by atoms with Gasteiger partial charge >= 0.3 is 0 Å². The number of carbonyl (C=O) groups excluding carboxylic acids is 1. The van der Waals surface area contributed by atoms with Gasteiger partial charge in [-0.1, -0.05) is 0 Å². The summed E-state index contributed by atoms with van der Waals surface area (Å²) in [6.45, 7) is 12.8. The highest BCUT2D eigenvalue weighted by atomic mass is 16.5. The molecule has 3 saturated heterocycles. The predicted octanol–water partition coefficient (Wildman–Crippen LogP) is 0.549. The third-order valence-corrected chi connectivity index (χ3v) is 7.02. The number of amides is 1. The average molecular weight is 423 g/mol. The van der Waals surface area contributed by atoms with Crippen LogP contribution in [0.2, 0.25) is 0 Å². The highest BCUT2D eigenvalue weighted by Crippen LogP contribution is 2.17. The molecule has 1 atom stereocenters. The van der Waals surface area contributed by atoms with Gasteiger partial charge in [0.2, 0.25) is 5.91 Å². The van der Waals surface area contributed by atoms with Crippen LogP contribution in [0, 0.1) is 5.92 Å². The Kier molecular flexibility index (Phi) is 9.21. The molecule has 0 aromatic rings. The van der Waals surface area contributed by atoms with Gasteiger partial charge in [-0.3, -0.25) is 14.7 Å². The predicted molar refractivity (Wildman–Crippen MR) is 121 cm³/mol. The van der Waals surface area contributed by atoms with Gasteiger partial charge in [-0.25, -0.2) is 0 Å².